The molecule has 0 heterocycles. The predicted octanol–water partition coefficient (Wildman–Crippen LogP) is 4.52. The van der Waals surface area contributed by atoms with Crippen LogP contribution < -0.4 is 5.32 Å². The lowest BCUT2D eigenvalue weighted by Crippen LogP contribution is -2.48. The van der Waals surface area contributed by atoms with Gasteiger partial charge in [-0.1, -0.05) is 67.1 Å². The Morgan fingerprint density at radius 3 is 2.46 bits per heavy atom. The molecule has 0 bridgehead atoms. The van der Waals surface area contributed by atoms with Gasteiger partial charge in [-0.05, 0) is 30.5 Å². The third-order valence-corrected chi connectivity index (χ3v) is 5.71. The van der Waals surface area contributed by atoms with Crippen molar-refractivity contribution in [2.45, 2.75) is 38.6 Å². The van der Waals surface area contributed by atoms with Gasteiger partial charge in [-0.2, -0.15) is 0 Å². The Balaban J connectivity index is 2.06. The zero-order valence-electron chi connectivity index (χ0n) is 16.4. The number of nitrogens with zero attached hydrogens (tertiary/aromatic N) is 1. The highest BCUT2D eigenvalue weighted by Crippen LogP contribution is 2.20. The Bertz CT molecular complexity index is 770. The first-order valence-corrected chi connectivity index (χ1v) is 11.0. The monoisotopic (exact) mass is 418 g/mol. The van der Waals surface area contributed by atoms with Crippen LogP contribution in [0.5, 0.6) is 0 Å². The van der Waals surface area contributed by atoms with Crippen LogP contribution in [-0.4, -0.2) is 35.1 Å². The van der Waals surface area contributed by atoms with E-state index in [1.165, 1.54) is 5.56 Å². The van der Waals surface area contributed by atoms with Gasteiger partial charge in [-0.15, -0.1) is 11.8 Å². The maximum atomic E-state index is 13.0. The summed E-state index contributed by atoms with van der Waals surface area (Å²) in [6.07, 6.45) is 0.851. The van der Waals surface area contributed by atoms with Crippen molar-refractivity contribution in [1.29, 1.82) is 0 Å². The first-order chi connectivity index (χ1) is 13.5. The number of nitrogens with one attached hydrogen (secondary N) is 1. The van der Waals surface area contributed by atoms with Gasteiger partial charge in [-0.3, -0.25) is 9.59 Å². The summed E-state index contributed by atoms with van der Waals surface area (Å²) in [6, 6.07) is 16.9. The van der Waals surface area contributed by atoms with E-state index in [4.69, 9.17) is 11.6 Å². The third kappa shape index (κ3) is 6.88. The number of carbonyl (C=O) groups is 2. The summed E-state index contributed by atoms with van der Waals surface area (Å²) in [5.41, 5.74) is 2.01. The molecule has 28 heavy (non-hydrogen) atoms. The molecule has 6 heteroatoms. The molecule has 0 aliphatic carbocycles. The zero-order chi connectivity index (χ0) is 20.4. The van der Waals surface area contributed by atoms with Gasteiger partial charge in [-0.25, -0.2) is 0 Å². The van der Waals surface area contributed by atoms with E-state index in [9.17, 15) is 9.59 Å². The largest absolute Gasteiger partial charge is 0.354 e. The average Bonchev–Trinajstić information content (AvgIpc) is 2.71. The SMILES string of the molecule is CCCNC(=O)C(C)N(Cc1ccccc1Cl)C(=O)CSCc1ccccc1. The quantitative estimate of drug-likeness (QED) is 0.617. The van der Waals surface area contributed by atoms with E-state index in [1.807, 2.05) is 55.5 Å². The van der Waals surface area contributed by atoms with Gasteiger partial charge in [0, 0.05) is 23.9 Å². The number of carbonyl (C=O) groups excluding carboxylic acids is 2. The number of amides is 2. The minimum Gasteiger partial charge on any atom is -0.354 e. The normalized spacial score (nSPS) is 11.7. The third-order valence-electron chi connectivity index (χ3n) is 4.35. The molecule has 1 unspecified atom stereocenters. The van der Waals surface area contributed by atoms with Gasteiger partial charge in [0.05, 0.1) is 5.75 Å². The maximum Gasteiger partial charge on any atom is 0.242 e. The predicted molar refractivity (Wildman–Crippen MR) is 117 cm³/mol. The van der Waals surface area contributed by atoms with Crippen LogP contribution in [0, 0.1) is 0 Å². The van der Waals surface area contributed by atoms with Crippen LogP contribution in [0.1, 0.15) is 31.4 Å². The second kappa shape index (κ2) is 11.8. The summed E-state index contributed by atoms with van der Waals surface area (Å²) in [5, 5.41) is 3.47. The molecule has 1 atom stereocenters. The van der Waals surface area contributed by atoms with Gasteiger partial charge in [0.25, 0.3) is 0 Å². The molecule has 2 amide bonds. The second-order valence-electron chi connectivity index (χ2n) is 6.56. The topological polar surface area (TPSA) is 49.4 Å². The molecule has 0 aromatic heterocycles. The van der Waals surface area contributed by atoms with Crippen LogP contribution in [-0.2, 0) is 21.9 Å². The molecule has 2 aromatic carbocycles. The van der Waals surface area contributed by atoms with Gasteiger partial charge in [0.1, 0.15) is 6.04 Å². The van der Waals surface area contributed by atoms with Gasteiger partial charge < -0.3 is 10.2 Å². The van der Waals surface area contributed by atoms with Gasteiger partial charge >= 0.3 is 0 Å². The fourth-order valence-corrected chi connectivity index (χ4v) is 3.77. The molecular weight excluding hydrogens is 392 g/mol. The lowest BCUT2D eigenvalue weighted by Gasteiger charge is -2.29. The van der Waals surface area contributed by atoms with Gasteiger partial charge in [0.2, 0.25) is 11.8 Å². The number of hydrogen-bond acceptors (Lipinski definition) is 3. The molecule has 0 fully saturated rings. The summed E-state index contributed by atoms with van der Waals surface area (Å²) in [4.78, 5) is 27.0. The summed E-state index contributed by atoms with van der Waals surface area (Å²) < 4.78 is 0. The van der Waals surface area contributed by atoms with Crippen LogP contribution >= 0.6 is 23.4 Å². The van der Waals surface area contributed by atoms with Crippen LogP contribution in [0.4, 0.5) is 0 Å². The maximum absolute atomic E-state index is 13.0. The molecule has 0 aliphatic rings. The van der Waals surface area contributed by atoms with E-state index in [2.05, 4.69) is 5.32 Å². The van der Waals surface area contributed by atoms with E-state index >= 15 is 0 Å². The molecular formula is C22H27ClN2O2S. The fraction of sp³-hybridized carbons (Fsp3) is 0.364. The smallest absolute Gasteiger partial charge is 0.242 e. The van der Waals surface area contributed by atoms with Gasteiger partial charge in [0.15, 0.2) is 0 Å². The number of benzene rings is 2. The summed E-state index contributed by atoms with van der Waals surface area (Å²) in [7, 11) is 0. The van der Waals surface area contributed by atoms with Crippen LogP contribution in [0.15, 0.2) is 54.6 Å². The van der Waals surface area contributed by atoms with E-state index < -0.39 is 6.04 Å². The standard InChI is InChI=1S/C22H27ClN2O2S/c1-3-13-24-22(27)17(2)25(14-19-11-7-8-12-20(19)23)21(26)16-28-15-18-9-5-4-6-10-18/h4-12,17H,3,13-16H2,1-2H3,(H,24,27). The molecule has 4 nitrogen and oxygen atoms in total. The summed E-state index contributed by atoms with van der Waals surface area (Å²) in [6.45, 7) is 4.67. The number of halogens is 1. The average molecular weight is 419 g/mol. The van der Waals surface area contributed by atoms with Crippen LogP contribution in [0.3, 0.4) is 0 Å². The number of thioether (sulfide) groups is 1. The summed E-state index contributed by atoms with van der Waals surface area (Å²) in [5.74, 6) is 0.850. The Hall–Kier alpha value is -1.98. The molecule has 1 N–H and O–H groups in total. The van der Waals surface area contributed by atoms with Crippen molar-refractivity contribution in [3.05, 3.63) is 70.7 Å². The fourth-order valence-electron chi connectivity index (χ4n) is 2.70. The first kappa shape index (κ1) is 22.3. The van der Waals surface area contributed by atoms with E-state index in [1.54, 1.807) is 29.7 Å². The van der Waals surface area contributed by atoms with Crippen molar-refractivity contribution in [2.75, 3.05) is 12.3 Å². The molecule has 0 saturated heterocycles. The number of hydrogen-bond donors (Lipinski definition) is 1. The Morgan fingerprint density at radius 1 is 1.11 bits per heavy atom. The van der Waals surface area contributed by atoms with Crippen molar-refractivity contribution >= 4 is 35.2 Å². The molecule has 150 valence electrons. The Morgan fingerprint density at radius 2 is 1.79 bits per heavy atom. The molecule has 0 aliphatic heterocycles. The van der Waals surface area contributed by atoms with Crippen molar-refractivity contribution < 1.29 is 9.59 Å². The Kier molecular flexibility index (Phi) is 9.38. The van der Waals surface area contributed by atoms with Crippen LogP contribution in [0.25, 0.3) is 0 Å². The summed E-state index contributed by atoms with van der Waals surface area (Å²) >= 11 is 7.83. The minimum absolute atomic E-state index is 0.0694. The van der Waals surface area contributed by atoms with Crippen molar-refractivity contribution in [3.63, 3.8) is 0 Å². The minimum atomic E-state index is -0.562. The van der Waals surface area contributed by atoms with Crippen molar-refractivity contribution in [3.8, 4) is 0 Å². The molecule has 2 rings (SSSR count). The highest BCUT2D eigenvalue weighted by Gasteiger charge is 2.26. The number of rotatable bonds is 10. The van der Waals surface area contributed by atoms with Crippen molar-refractivity contribution in [2.24, 2.45) is 0 Å². The van der Waals surface area contributed by atoms with Crippen molar-refractivity contribution in [1.82, 2.24) is 10.2 Å². The molecule has 0 saturated carbocycles. The second-order valence-corrected chi connectivity index (χ2v) is 7.95. The highest BCUT2D eigenvalue weighted by atomic mass is 35.5. The van der Waals surface area contributed by atoms with Crippen LogP contribution in [0.2, 0.25) is 5.02 Å². The lowest BCUT2D eigenvalue weighted by atomic mass is 10.1. The first-order valence-electron chi connectivity index (χ1n) is 9.45. The highest BCUT2D eigenvalue weighted by molar-refractivity contribution is 7.99. The molecule has 2 aromatic rings. The molecule has 0 spiro atoms. The zero-order valence-corrected chi connectivity index (χ0v) is 17.9. The van der Waals surface area contributed by atoms with E-state index in [-0.39, 0.29) is 11.8 Å². The molecule has 0 radical (unpaired) electrons. The Labute approximate surface area is 176 Å². The van der Waals surface area contributed by atoms with E-state index in [0.717, 1.165) is 17.7 Å². The lowest BCUT2D eigenvalue weighted by molar-refractivity contribution is -0.138. The van der Waals surface area contributed by atoms with E-state index in [0.29, 0.717) is 23.9 Å².